The third-order valence-electron chi connectivity index (χ3n) is 1.18. The quantitative estimate of drug-likeness (QED) is 0.734. The molecular weight excluding hydrogens is 215 g/mol. The van der Waals surface area contributed by atoms with E-state index >= 15 is 0 Å². The first-order valence-corrected chi connectivity index (χ1v) is 4.59. The normalized spacial score (nSPS) is 11.4. The Morgan fingerprint density at radius 2 is 2.29 bits per heavy atom. The molecule has 0 aromatic carbocycles. The molecular formula is C8H7F3NOS. The fourth-order valence-corrected chi connectivity index (χ4v) is 1.30. The molecule has 2 nitrogen and oxygen atoms in total. The second-order valence-electron chi connectivity index (χ2n) is 2.26. The third-order valence-corrected chi connectivity index (χ3v) is 1.84. The zero-order valence-electron chi connectivity index (χ0n) is 7.26. The first kappa shape index (κ1) is 11.2. The lowest BCUT2D eigenvalue weighted by atomic mass is 10.5. The molecule has 0 fully saturated rings. The van der Waals surface area contributed by atoms with Crippen LogP contribution in [0.3, 0.4) is 0 Å². The van der Waals surface area contributed by atoms with Gasteiger partial charge in [0.2, 0.25) is 0 Å². The number of alkyl halides is 3. The summed E-state index contributed by atoms with van der Waals surface area (Å²) in [4.78, 5) is 3.42. The van der Waals surface area contributed by atoms with Gasteiger partial charge < -0.3 is 4.74 Å². The summed E-state index contributed by atoms with van der Waals surface area (Å²) < 4.78 is 40.8. The van der Waals surface area contributed by atoms with Gasteiger partial charge in [0.25, 0.3) is 0 Å². The van der Waals surface area contributed by atoms with Crippen LogP contribution in [0, 0.1) is 6.20 Å². The molecule has 1 radical (unpaired) electrons. The maximum Gasteiger partial charge on any atom is 0.446 e. The number of nitrogens with zero attached hydrogens (tertiary/aromatic N) is 1. The number of pyridine rings is 1. The van der Waals surface area contributed by atoms with E-state index in [1.807, 2.05) is 0 Å². The molecule has 0 saturated heterocycles. The molecule has 1 aromatic heterocycles. The number of thioether (sulfide) groups is 1. The van der Waals surface area contributed by atoms with Crippen molar-refractivity contribution in [3.63, 3.8) is 0 Å². The van der Waals surface area contributed by atoms with E-state index in [9.17, 15) is 13.2 Å². The van der Waals surface area contributed by atoms with Gasteiger partial charge in [0.15, 0.2) is 0 Å². The fourth-order valence-electron chi connectivity index (χ4n) is 0.781. The molecule has 0 spiro atoms. The van der Waals surface area contributed by atoms with Gasteiger partial charge in [0.1, 0.15) is 11.9 Å². The first-order chi connectivity index (χ1) is 6.51. The largest absolute Gasteiger partial charge is 0.492 e. The van der Waals surface area contributed by atoms with Crippen LogP contribution in [0.4, 0.5) is 13.2 Å². The van der Waals surface area contributed by atoms with Crippen molar-refractivity contribution in [3.05, 3.63) is 18.5 Å². The maximum atomic E-state index is 11.9. The molecule has 1 aromatic rings. The standard InChI is InChI=1S/C8H7F3NOS/c1-2-13-6-3-7(5-12-4-6)14-8(9,10)11/h3-4H,2H2,1H3. The first-order valence-electron chi connectivity index (χ1n) is 3.77. The number of ether oxygens (including phenoxy) is 1. The molecule has 0 unspecified atom stereocenters. The summed E-state index contributed by atoms with van der Waals surface area (Å²) in [5.41, 5.74) is -4.32. The van der Waals surface area contributed by atoms with Crippen LogP contribution in [0.25, 0.3) is 0 Å². The van der Waals surface area contributed by atoms with Gasteiger partial charge in [-0.25, -0.2) is 4.98 Å². The number of hydrogen-bond acceptors (Lipinski definition) is 3. The molecule has 1 heterocycles. The number of halogens is 3. The Hall–Kier alpha value is -0.910. The van der Waals surface area contributed by atoms with E-state index in [1.54, 1.807) is 6.92 Å². The lowest BCUT2D eigenvalue weighted by molar-refractivity contribution is -0.0328. The van der Waals surface area contributed by atoms with Crippen LogP contribution >= 0.6 is 11.8 Å². The fraction of sp³-hybridized carbons (Fsp3) is 0.375. The van der Waals surface area contributed by atoms with E-state index in [-0.39, 0.29) is 16.7 Å². The van der Waals surface area contributed by atoms with Crippen LogP contribution in [-0.2, 0) is 0 Å². The van der Waals surface area contributed by atoms with E-state index in [0.717, 1.165) is 0 Å². The molecule has 0 aliphatic heterocycles. The molecule has 77 valence electrons. The minimum atomic E-state index is -4.32. The van der Waals surface area contributed by atoms with Crippen molar-refractivity contribution in [2.45, 2.75) is 17.3 Å². The molecule has 0 atom stereocenters. The van der Waals surface area contributed by atoms with Gasteiger partial charge in [-0.05, 0) is 24.8 Å². The maximum absolute atomic E-state index is 11.9. The second kappa shape index (κ2) is 4.54. The molecule has 0 bridgehead atoms. The lowest BCUT2D eigenvalue weighted by Gasteiger charge is -2.06. The van der Waals surface area contributed by atoms with E-state index in [2.05, 4.69) is 11.2 Å². The van der Waals surface area contributed by atoms with Crippen LogP contribution in [0.2, 0.25) is 0 Å². The van der Waals surface area contributed by atoms with Crippen molar-refractivity contribution in [1.82, 2.24) is 4.98 Å². The predicted octanol–water partition coefficient (Wildman–Crippen LogP) is 2.89. The SMILES string of the molecule is CCOc1cn[c]c(SC(F)(F)F)c1. The Morgan fingerprint density at radius 1 is 1.57 bits per heavy atom. The molecule has 0 N–H and O–H groups in total. The van der Waals surface area contributed by atoms with Crippen molar-refractivity contribution in [1.29, 1.82) is 0 Å². The second-order valence-corrected chi connectivity index (χ2v) is 3.37. The van der Waals surface area contributed by atoms with Crippen molar-refractivity contribution in [2.24, 2.45) is 0 Å². The van der Waals surface area contributed by atoms with Crippen LogP contribution in [0.5, 0.6) is 5.75 Å². The smallest absolute Gasteiger partial charge is 0.446 e. The summed E-state index contributed by atoms with van der Waals surface area (Å²) >= 11 is -0.257. The average Bonchev–Trinajstić information content (AvgIpc) is 2.02. The Balaban J connectivity index is 2.73. The molecule has 6 heteroatoms. The summed E-state index contributed by atoms with van der Waals surface area (Å²) in [5, 5.41) is 0. The van der Waals surface area contributed by atoms with Gasteiger partial charge in [-0.2, -0.15) is 13.2 Å². The topological polar surface area (TPSA) is 22.1 Å². The Kier molecular flexibility index (Phi) is 3.62. The van der Waals surface area contributed by atoms with E-state index in [1.165, 1.54) is 12.3 Å². The van der Waals surface area contributed by atoms with Crippen LogP contribution in [-0.4, -0.2) is 17.1 Å². The molecule has 0 aliphatic rings. The zero-order valence-corrected chi connectivity index (χ0v) is 8.08. The Labute approximate surface area is 83.5 Å². The molecule has 0 aliphatic carbocycles. The van der Waals surface area contributed by atoms with Crippen LogP contribution in [0.1, 0.15) is 6.92 Å². The van der Waals surface area contributed by atoms with Crippen molar-refractivity contribution in [2.75, 3.05) is 6.61 Å². The zero-order chi connectivity index (χ0) is 10.6. The molecule has 14 heavy (non-hydrogen) atoms. The highest BCUT2D eigenvalue weighted by molar-refractivity contribution is 8.00. The number of hydrogen-bond donors (Lipinski definition) is 0. The van der Waals surface area contributed by atoms with Gasteiger partial charge in [-0.3, -0.25) is 0 Å². The number of aromatic nitrogens is 1. The highest BCUT2D eigenvalue weighted by Gasteiger charge is 2.29. The summed E-state index contributed by atoms with van der Waals surface area (Å²) in [6, 6.07) is 1.26. The summed E-state index contributed by atoms with van der Waals surface area (Å²) in [6.45, 7) is 2.13. The van der Waals surface area contributed by atoms with E-state index in [0.29, 0.717) is 12.4 Å². The summed E-state index contributed by atoms with van der Waals surface area (Å²) in [5.74, 6) is 0.318. The molecule has 1 rings (SSSR count). The van der Waals surface area contributed by atoms with Crippen molar-refractivity contribution < 1.29 is 17.9 Å². The lowest BCUT2D eigenvalue weighted by Crippen LogP contribution is -2.00. The van der Waals surface area contributed by atoms with Crippen LogP contribution < -0.4 is 4.74 Å². The molecule has 0 amide bonds. The highest BCUT2D eigenvalue weighted by Crippen LogP contribution is 2.37. The molecule has 0 saturated carbocycles. The van der Waals surface area contributed by atoms with Gasteiger partial charge >= 0.3 is 5.51 Å². The van der Waals surface area contributed by atoms with Gasteiger partial charge in [-0.1, -0.05) is 0 Å². The Morgan fingerprint density at radius 3 is 2.86 bits per heavy atom. The average molecular weight is 222 g/mol. The van der Waals surface area contributed by atoms with E-state index in [4.69, 9.17) is 4.74 Å². The van der Waals surface area contributed by atoms with Crippen molar-refractivity contribution in [3.8, 4) is 5.75 Å². The van der Waals surface area contributed by atoms with Crippen molar-refractivity contribution >= 4 is 11.8 Å². The van der Waals surface area contributed by atoms with Gasteiger partial charge in [0, 0.05) is 4.90 Å². The van der Waals surface area contributed by atoms with Gasteiger partial charge in [0.05, 0.1) is 12.8 Å². The van der Waals surface area contributed by atoms with Crippen LogP contribution in [0.15, 0.2) is 17.2 Å². The minimum Gasteiger partial charge on any atom is -0.492 e. The Bertz CT molecular complexity index is 303. The van der Waals surface area contributed by atoms with E-state index < -0.39 is 5.51 Å². The minimum absolute atomic E-state index is 0.0940. The predicted molar refractivity (Wildman–Crippen MR) is 46.2 cm³/mol. The number of rotatable bonds is 3. The summed E-state index contributed by atoms with van der Waals surface area (Å²) in [6.07, 6.45) is 3.56. The van der Waals surface area contributed by atoms with Gasteiger partial charge in [-0.15, -0.1) is 0 Å². The highest BCUT2D eigenvalue weighted by atomic mass is 32.2. The summed E-state index contributed by atoms with van der Waals surface area (Å²) in [7, 11) is 0. The monoisotopic (exact) mass is 222 g/mol. The third kappa shape index (κ3) is 3.87.